The molecule has 0 aliphatic heterocycles. The van der Waals surface area contributed by atoms with Gasteiger partial charge in [-0.15, -0.1) is 0 Å². The Morgan fingerprint density at radius 3 is 1.41 bits per heavy atom. The van der Waals surface area contributed by atoms with Crippen LogP contribution < -0.4 is 0 Å². The number of aliphatic hydroxyl groups is 1. The lowest BCUT2D eigenvalue weighted by atomic mass is 10.6. The predicted octanol–water partition coefficient (Wildman–Crippen LogP) is -0.115. The zero-order valence-electron chi connectivity index (χ0n) is 13.4. The van der Waals surface area contributed by atoms with Crippen LogP contribution in [-0.4, -0.2) is 98.7 Å². The highest BCUT2D eigenvalue weighted by Crippen LogP contribution is 1.86. The average Bonchev–Trinajstić information content (AvgIpc) is 2.12. The molecule has 0 spiro atoms. The van der Waals surface area contributed by atoms with E-state index in [2.05, 4.69) is 14.9 Å². The number of rotatable bonds is 6. The van der Waals surface area contributed by atoms with Crippen molar-refractivity contribution in [3.05, 3.63) is 0 Å². The molecule has 8 nitrogen and oxygen atoms in total. The summed E-state index contributed by atoms with van der Waals surface area (Å²) in [6, 6.07) is 0. The van der Waals surface area contributed by atoms with Gasteiger partial charge in [-0.05, 0) is 28.2 Å². The third-order valence-corrected chi connectivity index (χ3v) is 1.98. The fourth-order valence-electron chi connectivity index (χ4n) is 0.571. The van der Waals surface area contributed by atoms with Crippen LogP contribution in [0.15, 0.2) is 0 Å². The molecule has 0 heterocycles. The molecule has 0 bridgehead atoms. The Balaban J connectivity index is -0.000000117. The standard InChI is InChI=1S/C5H13NO3S.C4H11NO.CH3ClO2S.CH4/c1-6(2)4-5-9-10(3,7)8;1-5(2)3-4-6;1-5(2,3)4;/h4-5H2,1-3H3;6H,3-4H2,1-2H3;1H3;1H4. The Morgan fingerprint density at radius 2 is 1.27 bits per heavy atom. The Bertz CT molecular complexity index is 416. The van der Waals surface area contributed by atoms with E-state index in [1.54, 1.807) is 0 Å². The normalized spacial score (nSPS) is 11.0. The van der Waals surface area contributed by atoms with Crippen molar-refractivity contribution in [2.24, 2.45) is 0 Å². The van der Waals surface area contributed by atoms with Crippen molar-refractivity contribution in [1.82, 2.24) is 9.80 Å². The van der Waals surface area contributed by atoms with Crippen LogP contribution in [0.1, 0.15) is 7.43 Å². The van der Waals surface area contributed by atoms with E-state index in [1.807, 2.05) is 38.0 Å². The van der Waals surface area contributed by atoms with Crippen molar-refractivity contribution >= 4 is 29.9 Å². The molecule has 140 valence electrons. The fourth-order valence-corrected chi connectivity index (χ4v) is 0.949. The summed E-state index contributed by atoms with van der Waals surface area (Å²) in [4.78, 5) is 3.78. The van der Waals surface area contributed by atoms with Crippen LogP contribution in [0.5, 0.6) is 0 Å². The van der Waals surface area contributed by atoms with Gasteiger partial charge in [-0.1, -0.05) is 7.43 Å². The molecule has 0 saturated carbocycles. The summed E-state index contributed by atoms with van der Waals surface area (Å²) < 4.78 is 44.0. The Kier molecular flexibility index (Phi) is 21.7. The molecular weight excluding hydrogens is 356 g/mol. The minimum Gasteiger partial charge on any atom is -0.395 e. The Hall–Kier alpha value is 0.0300. The third kappa shape index (κ3) is 72.1. The van der Waals surface area contributed by atoms with Crippen LogP contribution in [0.3, 0.4) is 0 Å². The van der Waals surface area contributed by atoms with Crippen molar-refractivity contribution in [3.63, 3.8) is 0 Å². The molecule has 0 aromatic heterocycles. The van der Waals surface area contributed by atoms with E-state index in [-0.39, 0.29) is 20.6 Å². The molecule has 0 radical (unpaired) electrons. The van der Waals surface area contributed by atoms with Gasteiger partial charge in [0.2, 0.25) is 9.05 Å². The van der Waals surface area contributed by atoms with E-state index in [1.165, 1.54) is 0 Å². The number of hydrogen-bond acceptors (Lipinski definition) is 8. The molecule has 0 fully saturated rings. The molecule has 0 aliphatic carbocycles. The maximum atomic E-state index is 10.4. The van der Waals surface area contributed by atoms with Gasteiger partial charge in [0.05, 0.1) is 25.7 Å². The van der Waals surface area contributed by atoms with Crippen molar-refractivity contribution in [3.8, 4) is 0 Å². The second-order valence-electron chi connectivity index (χ2n) is 4.54. The van der Waals surface area contributed by atoms with E-state index in [0.29, 0.717) is 6.54 Å². The molecule has 0 atom stereocenters. The highest BCUT2D eigenvalue weighted by atomic mass is 35.7. The lowest BCUT2D eigenvalue weighted by Crippen LogP contribution is -2.19. The Morgan fingerprint density at radius 1 is 0.955 bits per heavy atom. The van der Waals surface area contributed by atoms with Gasteiger partial charge in [0.1, 0.15) is 0 Å². The smallest absolute Gasteiger partial charge is 0.264 e. The van der Waals surface area contributed by atoms with Crippen LogP contribution in [0.25, 0.3) is 0 Å². The van der Waals surface area contributed by atoms with Gasteiger partial charge in [-0.25, -0.2) is 8.42 Å². The van der Waals surface area contributed by atoms with E-state index < -0.39 is 19.2 Å². The number of aliphatic hydroxyl groups excluding tert-OH is 1. The molecule has 0 aliphatic rings. The van der Waals surface area contributed by atoms with E-state index in [9.17, 15) is 16.8 Å². The van der Waals surface area contributed by atoms with Gasteiger partial charge in [0.25, 0.3) is 10.1 Å². The molecule has 0 aromatic carbocycles. The molecular formula is C11H31ClN2O6S2. The molecule has 0 rings (SSSR count). The first-order valence-electron chi connectivity index (χ1n) is 5.83. The summed E-state index contributed by atoms with van der Waals surface area (Å²) in [6.07, 6.45) is 1.97. The first-order chi connectivity index (χ1) is 9.19. The van der Waals surface area contributed by atoms with Gasteiger partial charge in [-0.2, -0.15) is 8.42 Å². The average molecular weight is 387 g/mol. The second kappa shape index (κ2) is 15.9. The first kappa shape index (κ1) is 30.0. The number of likely N-dealkylation sites (N-methyl/N-ethyl adjacent to an activating group) is 2. The molecule has 22 heavy (non-hydrogen) atoms. The lowest BCUT2D eigenvalue weighted by molar-refractivity contribution is 0.243. The third-order valence-electron chi connectivity index (χ3n) is 1.38. The predicted molar refractivity (Wildman–Crippen MR) is 92.4 cm³/mol. The summed E-state index contributed by atoms with van der Waals surface area (Å²) in [7, 11) is 5.62. The zero-order valence-corrected chi connectivity index (χ0v) is 15.8. The molecule has 0 unspecified atom stereocenters. The number of nitrogens with zero attached hydrogens (tertiary/aromatic N) is 2. The van der Waals surface area contributed by atoms with E-state index >= 15 is 0 Å². The molecule has 1 N–H and O–H groups in total. The number of hydrogen-bond donors (Lipinski definition) is 1. The Labute approximate surface area is 140 Å². The maximum Gasteiger partial charge on any atom is 0.264 e. The van der Waals surface area contributed by atoms with Gasteiger partial charge < -0.3 is 14.9 Å². The van der Waals surface area contributed by atoms with Crippen LogP contribution in [0.2, 0.25) is 0 Å². The SMILES string of the molecule is C.CN(C)CCO.CN(C)CCOS(C)(=O)=O.CS(=O)(=O)Cl. The van der Waals surface area contributed by atoms with Crippen LogP contribution in [0.4, 0.5) is 0 Å². The summed E-state index contributed by atoms with van der Waals surface area (Å²) in [5.41, 5.74) is 0. The topological polar surface area (TPSA) is 104 Å². The quantitative estimate of drug-likeness (QED) is 0.498. The first-order valence-corrected chi connectivity index (χ1v) is 10.4. The van der Waals surface area contributed by atoms with E-state index in [0.717, 1.165) is 19.1 Å². The monoisotopic (exact) mass is 386 g/mol. The van der Waals surface area contributed by atoms with Gasteiger partial charge in [-0.3, -0.25) is 4.18 Å². The van der Waals surface area contributed by atoms with Crippen molar-refractivity contribution in [2.75, 3.05) is 67.0 Å². The highest BCUT2D eigenvalue weighted by Gasteiger charge is 2.00. The van der Waals surface area contributed by atoms with Crippen LogP contribution >= 0.6 is 10.7 Å². The van der Waals surface area contributed by atoms with Crippen molar-refractivity contribution < 1.29 is 26.1 Å². The van der Waals surface area contributed by atoms with Gasteiger partial charge >= 0.3 is 0 Å². The largest absolute Gasteiger partial charge is 0.395 e. The minimum absolute atomic E-state index is 0. The number of halogens is 1. The minimum atomic E-state index is -3.25. The van der Waals surface area contributed by atoms with Gasteiger partial charge in [0, 0.05) is 23.8 Å². The van der Waals surface area contributed by atoms with Crippen molar-refractivity contribution in [1.29, 1.82) is 0 Å². The zero-order chi connectivity index (χ0) is 17.7. The van der Waals surface area contributed by atoms with Crippen LogP contribution in [-0.2, 0) is 23.4 Å². The summed E-state index contributed by atoms with van der Waals surface area (Å²) in [5.74, 6) is 0. The van der Waals surface area contributed by atoms with Crippen LogP contribution in [0, 0.1) is 0 Å². The fraction of sp³-hybridized carbons (Fsp3) is 1.00. The molecule has 0 saturated heterocycles. The summed E-state index contributed by atoms with van der Waals surface area (Å²) >= 11 is 0. The lowest BCUT2D eigenvalue weighted by Gasteiger charge is -2.07. The molecule has 0 aromatic rings. The molecule has 0 amide bonds. The maximum absolute atomic E-state index is 10.4. The highest BCUT2D eigenvalue weighted by molar-refractivity contribution is 8.13. The van der Waals surface area contributed by atoms with E-state index in [4.69, 9.17) is 5.11 Å². The molecule has 11 heteroatoms. The van der Waals surface area contributed by atoms with Crippen molar-refractivity contribution in [2.45, 2.75) is 7.43 Å². The second-order valence-corrected chi connectivity index (χ2v) is 9.23. The summed E-state index contributed by atoms with van der Waals surface area (Å²) in [6.45, 7) is 1.87. The van der Waals surface area contributed by atoms with Gasteiger partial charge in [0.15, 0.2) is 0 Å². The summed E-state index contributed by atoms with van der Waals surface area (Å²) in [5, 5.41) is 8.20.